The zero-order valence-electron chi connectivity index (χ0n) is 13.2. The number of hydrogen-bond acceptors (Lipinski definition) is 4. The lowest BCUT2D eigenvalue weighted by molar-refractivity contribution is 0.555. The van der Waals surface area contributed by atoms with E-state index in [1.807, 2.05) is 26.3 Å². The fourth-order valence-corrected chi connectivity index (χ4v) is 4.43. The van der Waals surface area contributed by atoms with Gasteiger partial charge in [-0.2, -0.15) is 11.8 Å². The van der Waals surface area contributed by atoms with Crippen molar-refractivity contribution in [2.75, 3.05) is 19.1 Å². The normalized spacial score (nSPS) is 14.9. The molecule has 1 aromatic rings. The summed E-state index contributed by atoms with van der Waals surface area (Å²) >= 11 is 1.65. The molecule has 0 spiro atoms. The molecule has 4 nitrogen and oxygen atoms in total. The molecule has 0 aliphatic heterocycles. The summed E-state index contributed by atoms with van der Waals surface area (Å²) in [6.45, 7) is 4.07. The van der Waals surface area contributed by atoms with Crippen molar-refractivity contribution in [1.29, 1.82) is 0 Å². The van der Waals surface area contributed by atoms with Gasteiger partial charge in [-0.1, -0.05) is 26.0 Å². The van der Waals surface area contributed by atoms with Gasteiger partial charge in [-0.25, -0.2) is 13.1 Å². The Morgan fingerprint density at radius 1 is 1.24 bits per heavy atom. The van der Waals surface area contributed by atoms with Gasteiger partial charge in [-0.05, 0) is 43.8 Å². The lowest BCUT2D eigenvalue weighted by atomic mass is 10.1. The van der Waals surface area contributed by atoms with E-state index in [1.54, 1.807) is 30.0 Å². The molecule has 6 heteroatoms. The zero-order valence-corrected chi connectivity index (χ0v) is 14.9. The van der Waals surface area contributed by atoms with Crippen molar-refractivity contribution in [1.82, 2.24) is 10.0 Å². The lowest BCUT2D eigenvalue weighted by Gasteiger charge is -2.18. The molecule has 0 heterocycles. The first-order valence-electron chi connectivity index (χ1n) is 7.26. The van der Waals surface area contributed by atoms with E-state index >= 15 is 0 Å². The Morgan fingerprint density at radius 3 is 2.48 bits per heavy atom. The molecule has 21 heavy (non-hydrogen) atoms. The van der Waals surface area contributed by atoms with Gasteiger partial charge in [0.2, 0.25) is 10.0 Å². The van der Waals surface area contributed by atoms with Gasteiger partial charge in [-0.15, -0.1) is 0 Å². The highest BCUT2D eigenvalue weighted by Crippen LogP contribution is 2.20. The Morgan fingerprint density at radius 2 is 1.95 bits per heavy atom. The van der Waals surface area contributed by atoms with E-state index in [0.29, 0.717) is 4.90 Å². The van der Waals surface area contributed by atoms with Gasteiger partial charge in [0.25, 0.3) is 0 Å². The minimum atomic E-state index is -3.46. The molecule has 0 aromatic heterocycles. The molecule has 0 amide bonds. The van der Waals surface area contributed by atoms with Crippen LogP contribution in [0.15, 0.2) is 29.2 Å². The van der Waals surface area contributed by atoms with E-state index in [4.69, 9.17) is 0 Å². The molecule has 0 radical (unpaired) electrons. The standard InChI is InChI=1S/C15H26N2O2S2/c1-5-13(11-20-4)17-21(18,19)14-9-7-8-12(10-14)15(6-2)16-3/h7-10,13,15-17H,5-6,11H2,1-4H3. The van der Waals surface area contributed by atoms with Crippen LogP contribution in [0.3, 0.4) is 0 Å². The van der Waals surface area contributed by atoms with Crippen molar-refractivity contribution >= 4 is 21.8 Å². The molecule has 0 fully saturated rings. The second kappa shape index (κ2) is 8.78. The van der Waals surface area contributed by atoms with Crippen molar-refractivity contribution in [3.63, 3.8) is 0 Å². The van der Waals surface area contributed by atoms with Crippen molar-refractivity contribution in [2.45, 2.75) is 43.7 Å². The van der Waals surface area contributed by atoms with Gasteiger partial charge in [0.15, 0.2) is 0 Å². The summed E-state index contributed by atoms with van der Waals surface area (Å²) < 4.78 is 27.8. The molecule has 0 aliphatic rings. The van der Waals surface area contributed by atoms with Crippen molar-refractivity contribution in [2.24, 2.45) is 0 Å². The van der Waals surface area contributed by atoms with Gasteiger partial charge in [0.1, 0.15) is 0 Å². The third kappa shape index (κ3) is 5.29. The van der Waals surface area contributed by atoms with Gasteiger partial charge >= 0.3 is 0 Å². The maximum absolute atomic E-state index is 12.5. The number of nitrogens with one attached hydrogen (secondary N) is 2. The molecule has 1 aromatic carbocycles. The minimum Gasteiger partial charge on any atom is -0.313 e. The molecule has 1 rings (SSSR count). The summed E-state index contributed by atoms with van der Waals surface area (Å²) in [7, 11) is -1.57. The van der Waals surface area contributed by atoms with Crippen LogP contribution in [0.1, 0.15) is 38.3 Å². The Labute approximate surface area is 133 Å². The maximum atomic E-state index is 12.5. The number of hydrogen-bond donors (Lipinski definition) is 2. The summed E-state index contributed by atoms with van der Waals surface area (Å²) in [5.74, 6) is 0.781. The van der Waals surface area contributed by atoms with Crippen LogP contribution < -0.4 is 10.0 Å². The predicted molar refractivity (Wildman–Crippen MR) is 91.3 cm³/mol. The largest absolute Gasteiger partial charge is 0.313 e. The summed E-state index contributed by atoms with van der Waals surface area (Å²) in [5.41, 5.74) is 1.00. The van der Waals surface area contributed by atoms with Gasteiger partial charge < -0.3 is 5.32 Å². The average Bonchev–Trinajstić information content (AvgIpc) is 2.48. The second-order valence-electron chi connectivity index (χ2n) is 5.00. The molecular formula is C15H26N2O2S2. The first kappa shape index (κ1) is 18.5. The summed E-state index contributed by atoms with van der Waals surface area (Å²) in [4.78, 5) is 0.341. The van der Waals surface area contributed by atoms with Crippen LogP contribution in [-0.4, -0.2) is 33.5 Å². The highest BCUT2D eigenvalue weighted by molar-refractivity contribution is 7.98. The van der Waals surface area contributed by atoms with Crippen molar-refractivity contribution in [3.8, 4) is 0 Å². The molecule has 2 N–H and O–H groups in total. The summed E-state index contributed by atoms with van der Waals surface area (Å²) in [6.07, 6.45) is 3.68. The highest BCUT2D eigenvalue weighted by atomic mass is 32.2. The van der Waals surface area contributed by atoms with Crippen LogP contribution in [0, 0.1) is 0 Å². The molecule has 120 valence electrons. The smallest absolute Gasteiger partial charge is 0.240 e. The highest BCUT2D eigenvalue weighted by Gasteiger charge is 2.20. The van der Waals surface area contributed by atoms with Gasteiger partial charge in [-0.3, -0.25) is 0 Å². The van der Waals surface area contributed by atoms with Crippen LogP contribution >= 0.6 is 11.8 Å². The topological polar surface area (TPSA) is 58.2 Å². The summed E-state index contributed by atoms with van der Waals surface area (Å²) in [6, 6.07) is 7.33. The SMILES string of the molecule is CCC(CSC)NS(=O)(=O)c1cccc(C(CC)NC)c1. The number of sulfonamides is 1. The first-order valence-corrected chi connectivity index (χ1v) is 10.1. The van der Waals surface area contributed by atoms with E-state index in [1.165, 1.54) is 0 Å². The Bertz CT molecular complexity index is 528. The van der Waals surface area contributed by atoms with Crippen LogP contribution in [0.5, 0.6) is 0 Å². The molecule has 0 aliphatic carbocycles. The zero-order chi connectivity index (χ0) is 15.9. The molecule has 0 saturated carbocycles. The van der Waals surface area contributed by atoms with Gasteiger partial charge in [0, 0.05) is 17.8 Å². The average molecular weight is 331 g/mol. The van der Waals surface area contributed by atoms with E-state index < -0.39 is 10.0 Å². The van der Waals surface area contributed by atoms with Crippen molar-refractivity contribution in [3.05, 3.63) is 29.8 Å². The van der Waals surface area contributed by atoms with E-state index in [9.17, 15) is 8.42 Å². The fraction of sp³-hybridized carbons (Fsp3) is 0.600. The second-order valence-corrected chi connectivity index (χ2v) is 7.63. The monoisotopic (exact) mass is 330 g/mol. The fourth-order valence-electron chi connectivity index (χ4n) is 2.23. The maximum Gasteiger partial charge on any atom is 0.240 e. The van der Waals surface area contributed by atoms with Crippen LogP contribution in [0.4, 0.5) is 0 Å². The summed E-state index contributed by atoms with van der Waals surface area (Å²) in [5, 5.41) is 3.20. The van der Waals surface area contributed by atoms with Gasteiger partial charge in [0.05, 0.1) is 4.90 Å². The third-order valence-corrected chi connectivity index (χ3v) is 5.76. The lowest BCUT2D eigenvalue weighted by Crippen LogP contribution is -2.36. The van der Waals surface area contributed by atoms with Crippen molar-refractivity contribution < 1.29 is 8.42 Å². The molecular weight excluding hydrogens is 304 g/mol. The first-order chi connectivity index (χ1) is 9.98. The minimum absolute atomic E-state index is 0.0278. The Hall–Kier alpha value is -0.560. The van der Waals surface area contributed by atoms with Crippen LogP contribution in [-0.2, 0) is 10.0 Å². The van der Waals surface area contributed by atoms with E-state index in [-0.39, 0.29) is 12.1 Å². The van der Waals surface area contributed by atoms with Crippen LogP contribution in [0.2, 0.25) is 0 Å². The molecule has 0 saturated heterocycles. The molecule has 2 unspecified atom stereocenters. The number of thioether (sulfide) groups is 1. The van der Waals surface area contributed by atoms with E-state index in [0.717, 1.165) is 24.2 Å². The Kier molecular flexibility index (Phi) is 7.73. The number of rotatable bonds is 9. The number of benzene rings is 1. The predicted octanol–water partition coefficient (Wildman–Crippen LogP) is 2.78. The molecule has 0 bridgehead atoms. The third-order valence-electron chi connectivity index (χ3n) is 3.51. The van der Waals surface area contributed by atoms with Crippen LogP contribution in [0.25, 0.3) is 0 Å². The molecule has 2 atom stereocenters. The Balaban J connectivity index is 3.00. The quantitative estimate of drug-likeness (QED) is 0.731. The van der Waals surface area contributed by atoms with E-state index in [2.05, 4.69) is 17.0 Å².